The maximum atomic E-state index is 5.81. The smallest absolute Gasteiger partial charge is 0.190 e. The van der Waals surface area contributed by atoms with Gasteiger partial charge >= 0.3 is 0 Å². The number of hydrogen-bond donors (Lipinski definition) is 1. The fourth-order valence-corrected chi connectivity index (χ4v) is 1.90. The maximum absolute atomic E-state index is 5.81. The van der Waals surface area contributed by atoms with E-state index in [-0.39, 0.29) is 0 Å². The van der Waals surface area contributed by atoms with Gasteiger partial charge in [0.2, 0.25) is 0 Å². The summed E-state index contributed by atoms with van der Waals surface area (Å²) in [7, 11) is 8.07. The molecule has 0 saturated heterocycles. The Bertz CT molecular complexity index is 207. The lowest BCUT2D eigenvalue weighted by Crippen LogP contribution is -2.39. The zero-order valence-corrected chi connectivity index (χ0v) is 11.7. The molecule has 4 nitrogen and oxygen atoms in total. The molecule has 0 fully saturated rings. The van der Waals surface area contributed by atoms with Gasteiger partial charge in [0.25, 0.3) is 0 Å². The Hall–Kier alpha value is -0.770. The molecule has 0 aliphatic rings. The normalized spacial score (nSPS) is 14.6. The Morgan fingerprint density at radius 3 is 1.94 bits per heavy atom. The zero-order chi connectivity index (χ0) is 12.7. The summed E-state index contributed by atoms with van der Waals surface area (Å²) in [5.41, 5.74) is 5.81. The van der Waals surface area contributed by atoms with Crippen LogP contribution in [0.2, 0.25) is 0 Å². The van der Waals surface area contributed by atoms with Crippen molar-refractivity contribution in [1.29, 1.82) is 0 Å². The number of guanidine groups is 1. The molecule has 0 saturated carbocycles. The maximum Gasteiger partial charge on any atom is 0.190 e. The summed E-state index contributed by atoms with van der Waals surface area (Å²) < 4.78 is 0. The highest BCUT2D eigenvalue weighted by molar-refractivity contribution is 5.77. The van der Waals surface area contributed by atoms with Crippen molar-refractivity contribution in [3.05, 3.63) is 0 Å². The van der Waals surface area contributed by atoms with Gasteiger partial charge in [-0.1, -0.05) is 26.7 Å². The molecule has 0 aromatic heterocycles. The average molecular weight is 228 g/mol. The average Bonchev–Trinajstić information content (AvgIpc) is 2.22. The molecule has 0 aliphatic carbocycles. The van der Waals surface area contributed by atoms with Crippen molar-refractivity contribution < 1.29 is 0 Å². The third kappa shape index (κ3) is 4.84. The number of hydrogen-bond acceptors (Lipinski definition) is 2. The molecular formula is C12H28N4. The highest BCUT2D eigenvalue weighted by atomic mass is 15.2. The lowest BCUT2D eigenvalue weighted by Gasteiger charge is -2.30. The van der Waals surface area contributed by atoms with Crippen LogP contribution in [-0.4, -0.2) is 56.5 Å². The molecule has 16 heavy (non-hydrogen) atoms. The molecule has 4 heteroatoms. The van der Waals surface area contributed by atoms with Crippen LogP contribution in [0.4, 0.5) is 0 Å². The van der Waals surface area contributed by atoms with E-state index in [1.54, 1.807) is 0 Å². The third-order valence-electron chi connectivity index (χ3n) is 3.15. The van der Waals surface area contributed by atoms with Gasteiger partial charge in [-0.05, 0) is 20.0 Å². The molecule has 0 spiro atoms. The summed E-state index contributed by atoms with van der Waals surface area (Å²) in [6.07, 6.45) is 2.38. The predicted molar refractivity (Wildman–Crippen MR) is 71.7 cm³/mol. The van der Waals surface area contributed by atoms with E-state index in [0.29, 0.717) is 17.9 Å². The van der Waals surface area contributed by atoms with Crippen LogP contribution in [0.15, 0.2) is 4.99 Å². The van der Waals surface area contributed by atoms with Crippen LogP contribution in [0.1, 0.15) is 26.7 Å². The second-order valence-electron chi connectivity index (χ2n) is 4.70. The lowest BCUT2D eigenvalue weighted by atomic mass is 9.93. The molecule has 0 unspecified atom stereocenters. The largest absolute Gasteiger partial charge is 0.370 e. The number of aliphatic imine (C=N–C) groups is 1. The van der Waals surface area contributed by atoms with Gasteiger partial charge in [0.1, 0.15) is 0 Å². The van der Waals surface area contributed by atoms with Crippen molar-refractivity contribution in [2.75, 3.05) is 34.7 Å². The summed E-state index contributed by atoms with van der Waals surface area (Å²) in [5.74, 6) is 1.30. The summed E-state index contributed by atoms with van der Waals surface area (Å²) in [4.78, 5) is 8.54. The van der Waals surface area contributed by atoms with Crippen molar-refractivity contribution in [2.24, 2.45) is 16.6 Å². The number of nitrogens with zero attached hydrogens (tertiary/aromatic N) is 3. The monoisotopic (exact) mass is 228 g/mol. The fraction of sp³-hybridized carbons (Fsp3) is 0.917. The second-order valence-corrected chi connectivity index (χ2v) is 4.70. The van der Waals surface area contributed by atoms with Crippen molar-refractivity contribution in [2.45, 2.75) is 32.7 Å². The van der Waals surface area contributed by atoms with Crippen LogP contribution in [-0.2, 0) is 0 Å². The number of likely N-dealkylation sites (N-methyl/N-ethyl adjacent to an activating group) is 1. The first-order valence-corrected chi connectivity index (χ1v) is 6.07. The van der Waals surface area contributed by atoms with Crippen LogP contribution >= 0.6 is 0 Å². The molecule has 0 radical (unpaired) electrons. The van der Waals surface area contributed by atoms with Crippen molar-refractivity contribution in [1.82, 2.24) is 9.80 Å². The molecular weight excluding hydrogens is 200 g/mol. The number of nitrogens with two attached hydrogens (primary N) is 1. The second kappa shape index (κ2) is 7.49. The van der Waals surface area contributed by atoms with E-state index in [0.717, 1.165) is 6.54 Å². The summed E-state index contributed by atoms with van der Waals surface area (Å²) >= 11 is 0. The number of rotatable bonds is 6. The molecule has 1 atom stereocenters. The topological polar surface area (TPSA) is 44.9 Å². The minimum Gasteiger partial charge on any atom is -0.370 e. The molecule has 0 amide bonds. The van der Waals surface area contributed by atoms with E-state index >= 15 is 0 Å². The first kappa shape index (κ1) is 15.2. The van der Waals surface area contributed by atoms with Gasteiger partial charge in [-0.3, -0.25) is 4.99 Å². The van der Waals surface area contributed by atoms with Gasteiger partial charge in [-0.15, -0.1) is 0 Å². The van der Waals surface area contributed by atoms with E-state index in [9.17, 15) is 0 Å². The summed E-state index contributed by atoms with van der Waals surface area (Å²) in [5, 5.41) is 0. The van der Waals surface area contributed by atoms with Crippen LogP contribution in [0.5, 0.6) is 0 Å². The van der Waals surface area contributed by atoms with E-state index in [4.69, 9.17) is 5.73 Å². The first-order valence-electron chi connectivity index (χ1n) is 6.07. The standard InChI is InChI=1S/C12H28N4/c1-7-10(8-2)11(15(3)4)9-14-12(13)16(5)6/h10-11H,7-9H2,1-6H3,(H2,13,14)/t11-/m1/s1. The molecule has 96 valence electrons. The van der Waals surface area contributed by atoms with Crippen LogP contribution in [0.25, 0.3) is 0 Å². The molecule has 0 aliphatic heterocycles. The van der Waals surface area contributed by atoms with Gasteiger partial charge in [0.15, 0.2) is 5.96 Å². The van der Waals surface area contributed by atoms with Gasteiger partial charge in [-0.2, -0.15) is 0 Å². The fourth-order valence-electron chi connectivity index (χ4n) is 1.90. The van der Waals surface area contributed by atoms with Crippen LogP contribution < -0.4 is 5.73 Å². The first-order chi connectivity index (χ1) is 7.43. The van der Waals surface area contributed by atoms with Crippen molar-refractivity contribution >= 4 is 5.96 Å². The molecule has 0 aromatic rings. The molecule has 0 bridgehead atoms. The van der Waals surface area contributed by atoms with E-state index in [1.807, 2.05) is 19.0 Å². The molecule has 0 heterocycles. The van der Waals surface area contributed by atoms with Gasteiger partial charge < -0.3 is 15.5 Å². The Kier molecular flexibility index (Phi) is 7.13. The zero-order valence-electron chi connectivity index (χ0n) is 11.7. The minimum atomic E-state index is 0.480. The van der Waals surface area contributed by atoms with Crippen LogP contribution in [0, 0.1) is 5.92 Å². The SMILES string of the molecule is CCC(CC)[C@@H](CN=C(N)N(C)C)N(C)C. The van der Waals surface area contributed by atoms with E-state index < -0.39 is 0 Å². The van der Waals surface area contributed by atoms with E-state index in [2.05, 4.69) is 37.8 Å². The van der Waals surface area contributed by atoms with E-state index in [1.165, 1.54) is 12.8 Å². The summed E-state index contributed by atoms with van der Waals surface area (Å²) in [6.45, 7) is 5.26. The minimum absolute atomic E-state index is 0.480. The van der Waals surface area contributed by atoms with Gasteiger partial charge in [-0.25, -0.2) is 0 Å². The summed E-state index contributed by atoms with van der Waals surface area (Å²) in [6, 6.07) is 0.480. The van der Waals surface area contributed by atoms with Gasteiger partial charge in [0, 0.05) is 20.1 Å². The Labute approximate surface area is 101 Å². The Morgan fingerprint density at radius 2 is 1.62 bits per heavy atom. The molecule has 0 aromatic carbocycles. The highest BCUT2D eigenvalue weighted by Gasteiger charge is 2.20. The van der Waals surface area contributed by atoms with Crippen LogP contribution in [0.3, 0.4) is 0 Å². The lowest BCUT2D eigenvalue weighted by molar-refractivity contribution is 0.206. The highest BCUT2D eigenvalue weighted by Crippen LogP contribution is 2.17. The van der Waals surface area contributed by atoms with Crippen molar-refractivity contribution in [3.8, 4) is 0 Å². The quantitative estimate of drug-likeness (QED) is 0.549. The van der Waals surface area contributed by atoms with Gasteiger partial charge in [0.05, 0.1) is 6.54 Å². The third-order valence-corrected chi connectivity index (χ3v) is 3.15. The molecule has 0 rings (SSSR count). The predicted octanol–water partition coefficient (Wildman–Crippen LogP) is 1.23. The molecule has 2 N–H and O–H groups in total. The van der Waals surface area contributed by atoms with Crippen molar-refractivity contribution in [3.63, 3.8) is 0 Å². The Morgan fingerprint density at radius 1 is 1.12 bits per heavy atom. The Balaban J connectivity index is 4.51.